The molecule has 4 rings (SSSR count). The van der Waals surface area contributed by atoms with E-state index in [2.05, 4.69) is 48.4 Å². The molecule has 28 heavy (non-hydrogen) atoms. The van der Waals surface area contributed by atoms with Crippen LogP contribution in [-0.4, -0.2) is 16.0 Å². The van der Waals surface area contributed by atoms with E-state index in [9.17, 15) is 4.79 Å². The highest BCUT2D eigenvalue weighted by molar-refractivity contribution is 7.18. The topological polar surface area (TPSA) is 57.8 Å². The summed E-state index contributed by atoms with van der Waals surface area (Å²) in [5.74, 6) is 0.698. The van der Waals surface area contributed by atoms with Gasteiger partial charge in [0.2, 0.25) is 0 Å². The van der Waals surface area contributed by atoms with Gasteiger partial charge >= 0.3 is 0 Å². The minimum atomic E-state index is -0.0600. The molecular weight excluding hydrogens is 386 g/mol. The number of aromatic nitrogens is 2. The third-order valence-electron chi connectivity index (χ3n) is 4.90. The summed E-state index contributed by atoms with van der Waals surface area (Å²) in [7, 11) is 0. The second-order valence-corrected chi connectivity index (χ2v) is 8.88. The first-order valence-corrected chi connectivity index (χ1v) is 11.2. The first-order valence-electron chi connectivity index (χ1n) is 9.47. The Balaban J connectivity index is 1.48. The Morgan fingerprint density at radius 1 is 1.11 bits per heavy atom. The molecule has 4 aromatic rings. The van der Waals surface area contributed by atoms with Crippen LogP contribution in [0, 0.1) is 0 Å². The van der Waals surface area contributed by atoms with E-state index in [1.54, 1.807) is 11.3 Å². The number of nitrogens with zero attached hydrogens (tertiary/aromatic N) is 1. The van der Waals surface area contributed by atoms with Crippen LogP contribution >= 0.6 is 22.7 Å². The zero-order valence-electron chi connectivity index (χ0n) is 15.9. The molecular formula is C22H23N3OS2. The fraction of sp³-hybridized carbons (Fsp3) is 0.273. The largest absolute Gasteiger partial charge is 0.309 e. The van der Waals surface area contributed by atoms with Gasteiger partial charge in [-0.1, -0.05) is 36.4 Å². The van der Waals surface area contributed by atoms with Gasteiger partial charge in [0, 0.05) is 21.9 Å². The van der Waals surface area contributed by atoms with Crippen LogP contribution in [0.3, 0.4) is 0 Å². The van der Waals surface area contributed by atoms with Crippen LogP contribution in [-0.2, 0) is 6.42 Å². The number of hydrogen-bond donors (Lipinski definition) is 2. The maximum Gasteiger partial charge on any atom is 0.260 e. The molecule has 2 N–H and O–H groups in total. The number of hydrogen-bond acceptors (Lipinski definition) is 5. The fourth-order valence-electron chi connectivity index (χ4n) is 3.40. The van der Waals surface area contributed by atoms with Gasteiger partial charge in [-0.05, 0) is 43.7 Å². The van der Waals surface area contributed by atoms with Gasteiger partial charge in [-0.3, -0.25) is 4.79 Å². The molecule has 0 saturated heterocycles. The van der Waals surface area contributed by atoms with Crippen molar-refractivity contribution in [3.63, 3.8) is 0 Å². The molecule has 0 aliphatic carbocycles. The molecule has 0 radical (unpaired) electrons. The Morgan fingerprint density at radius 2 is 1.93 bits per heavy atom. The molecule has 4 nitrogen and oxygen atoms in total. The smallest absolute Gasteiger partial charge is 0.260 e. The van der Waals surface area contributed by atoms with Gasteiger partial charge in [0.15, 0.2) is 0 Å². The Kier molecular flexibility index (Phi) is 5.71. The fourth-order valence-corrected chi connectivity index (χ4v) is 5.17. The normalized spacial score (nSPS) is 13.6. The third kappa shape index (κ3) is 4.09. The summed E-state index contributed by atoms with van der Waals surface area (Å²) < 4.78 is 0. The average molecular weight is 410 g/mol. The van der Waals surface area contributed by atoms with Crippen LogP contribution in [0.25, 0.3) is 20.7 Å². The van der Waals surface area contributed by atoms with Crippen LogP contribution in [0.5, 0.6) is 0 Å². The summed E-state index contributed by atoms with van der Waals surface area (Å²) in [6, 6.07) is 14.9. The highest BCUT2D eigenvalue weighted by Crippen LogP contribution is 2.33. The molecule has 0 saturated carbocycles. The summed E-state index contributed by atoms with van der Waals surface area (Å²) in [6.45, 7) is 4.23. The zero-order valence-corrected chi connectivity index (χ0v) is 17.6. The molecule has 0 aliphatic heterocycles. The van der Waals surface area contributed by atoms with E-state index in [0.29, 0.717) is 17.3 Å². The lowest BCUT2D eigenvalue weighted by molar-refractivity contribution is 0.443. The van der Waals surface area contributed by atoms with Gasteiger partial charge in [0.1, 0.15) is 10.7 Å². The van der Waals surface area contributed by atoms with Crippen molar-refractivity contribution in [3.05, 3.63) is 75.0 Å². The predicted molar refractivity (Wildman–Crippen MR) is 119 cm³/mol. The maximum atomic E-state index is 12.8. The van der Waals surface area contributed by atoms with Crippen molar-refractivity contribution < 1.29 is 0 Å². The Hall–Kier alpha value is -2.28. The number of thiophene rings is 2. The van der Waals surface area contributed by atoms with Gasteiger partial charge in [-0.2, -0.15) is 0 Å². The predicted octanol–water partition coefficient (Wildman–Crippen LogP) is 5.39. The summed E-state index contributed by atoms with van der Waals surface area (Å²) in [5, 5.41) is 8.32. The monoisotopic (exact) mass is 409 g/mol. The van der Waals surface area contributed by atoms with Crippen molar-refractivity contribution in [2.45, 2.75) is 38.8 Å². The van der Waals surface area contributed by atoms with E-state index in [1.165, 1.54) is 16.9 Å². The molecule has 0 aliphatic rings. The van der Waals surface area contributed by atoms with Gasteiger partial charge in [-0.15, -0.1) is 22.7 Å². The van der Waals surface area contributed by atoms with Gasteiger partial charge in [0.25, 0.3) is 5.56 Å². The number of fused-ring (bicyclic) bond motifs is 1. The first kappa shape index (κ1) is 19.1. The standard InChI is InChI=1S/C22H23N3OS2/c1-14(10-11-16-7-4-3-5-8-16)23-15(2)20-24-21(26)19-17(13-28-22(19)25-20)18-9-6-12-27-18/h3-9,12-15,23H,10-11H2,1-2H3,(H,24,25,26)/t14-,15+/m0/s1. The highest BCUT2D eigenvalue weighted by Gasteiger charge is 2.17. The van der Waals surface area contributed by atoms with Crippen LogP contribution in [0.2, 0.25) is 0 Å². The summed E-state index contributed by atoms with van der Waals surface area (Å²) in [6.07, 6.45) is 2.06. The van der Waals surface area contributed by atoms with Crippen LogP contribution in [0.4, 0.5) is 0 Å². The minimum absolute atomic E-state index is 0.0184. The van der Waals surface area contributed by atoms with Crippen molar-refractivity contribution in [1.82, 2.24) is 15.3 Å². The molecule has 6 heteroatoms. The number of aromatic amines is 1. The lowest BCUT2D eigenvalue weighted by atomic mass is 10.1. The second-order valence-electron chi connectivity index (χ2n) is 7.07. The van der Waals surface area contributed by atoms with Crippen molar-refractivity contribution in [2.24, 2.45) is 0 Å². The van der Waals surface area contributed by atoms with Crippen LogP contribution < -0.4 is 10.9 Å². The van der Waals surface area contributed by atoms with Crippen molar-refractivity contribution in [1.29, 1.82) is 0 Å². The lowest BCUT2D eigenvalue weighted by Gasteiger charge is -2.19. The van der Waals surface area contributed by atoms with E-state index in [4.69, 9.17) is 4.98 Å². The minimum Gasteiger partial charge on any atom is -0.309 e. The molecule has 3 heterocycles. The van der Waals surface area contributed by atoms with Gasteiger partial charge in [0.05, 0.1) is 11.4 Å². The maximum absolute atomic E-state index is 12.8. The van der Waals surface area contributed by atoms with Crippen molar-refractivity contribution in [2.75, 3.05) is 0 Å². The number of nitrogens with one attached hydrogen (secondary N) is 2. The average Bonchev–Trinajstić information content (AvgIpc) is 3.36. The SMILES string of the molecule is C[C@@H](CCc1ccccc1)N[C@H](C)c1nc2scc(-c3cccs3)c2c(=O)[nH]1. The molecule has 144 valence electrons. The number of benzene rings is 1. The third-order valence-corrected chi connectivity index (χ3v) is 6.68. The lowest BCUT2D eigenvalue weighted by Crippen LogP contribution is -2.31. The molecule has 3 aromatic heterocycles. The first-order chi connectivity index (χ1) is 13.6. The Bertz CT molecular complexity index is 1100. The Morgan fingerprint density at radius 3 is 2.68 bits per heavy atom. The van der Waals surface area contributed by atoms with E-state index >= 15 is 0 Å². The summed E-state index contributed by atoms with van der Waals surface area (Å²) in [5.41, 5.74) is 2.26. The van der Waals surface area contributed by atoms with E-state index < -0.39 is 0 Å². The van der Waals surface area contributed by atoms with Crippen LogP contribution in [0.1, 0.15) is 37.7 Å². The molecule has 0 spiro atoms. The Labute approximate surface area is 172 Å². The molecule has 1 aromatic carbocycles. The number of aryl methyl sites for hydroxylation is 1. The van der Waals surface area contributed by atoms with Crippen LogP contribution in [0.15, 0.2) is 58.0 Å². The van der Waals surface area contributed by atoms with E-state index in [-0.39, 0.29) is 11.6 Å². The van der Waals surface area contributed by atoms with E-state index in [0.717, 1.165) is 28.1 Å². The molecule has 0 amide bonds. The van der Waals surface area contributed by atoms with Crippen molar-refractivity contribution >= 4 is 32.9 Å². The zero-order chi connectivity index (χ0) is 19.5. The molecule has 0 unspecified atom stereocenters. The molecule has 2 atom stereocenters. The highest BCUT2D eigenvalue weighted by atomic mass is 32.1. The van der Waals surface area contributed by atoms with Gasteiger partial charge < -0.3 is 10.3 Å². The van der Waals surface area contributed by atoms with E-state index in [1.807, 2.05) is 29.0 Å². The molecule has 0 fully saturated rings. The quantitative estimate of drug-likeness (QED) is 0.430. The second kappa shape index (κ2) is 8.39. The number of rotatable bonds is 7. The van der Waals surface area contributed by atoms with Crippen molar-refractivity contribution in [3.8, 4) is 10.4 Å². The number of H-pyrrole nitrogens is 1. The summed E-state index contributed by atoms with van der Waals surface area (Å²) >= 11 is 3.17. The van der Waals surface area contributed by atoms with Gasteiger partial charge in [-0.25, -0.2) is 4.98 Å². The summed E-state index contributed by atoms with van der Waals surface area (Å²) in [4.78, 5) is 22.4. The molecule has 0 bridgehead atoms.